The van der Waals surface area contributed by atoms with Gasteiger partial charge in [-0.1, -0.05) is 30.3 Å². The van der Waals surface area contributed by atoms with Gasteiger partial charge < -0.3 is 9.47 Å². The van der Waals surface area contributed by atoms with Crippen LogP contribution in [0.15, 0.2) is 48.5 Å². The van der Waals surface area contributed by atoms with Crippen molar-refractivity contribution in [2.75, 3.05) is 13.7 Å². The molecule has 0 spiro atoms. The molecule has 0 aliphatic carbocycles. The molecule has 3 nitrogen and oxygen atoms in total. The van der Waals surface area contributed by atoms with Gasteiger partial charge in [0.05, 0.1) is 19.3 Å². The fourth-order valence-electron chi connectivity index (χ4n) is 1.88. The fraction of sp³-hybridized carbons (Fsp3) is 0.188. The molecule has 0 N–H and O–H groups in total. The highest BCUT2D eigenvalue weighted by Gasteiger charge is 2.08. The van der Waals surface area contributed by atoms with Crippen LogP contribution in [0.5, 0.6) is 5.75 Å². The Kier molecular flexibility index (Phi) is 4.18. The van der Waals surface area contributed by atoms with Gasteiger partial charge in [-0.15, -0.1) is 0 Å². The first-order valence-corrected chi connectivity index (χ1v) is 6.17. The minimum Gasteiger partial charge on any atom is -0.496 e. The van der Waals surface area contributed by atoms with E-state index in [1.807, 2.05) is 36.4 Å². The number of ether oxygens (including phenoxy) is 2. The van der Waals surface area contributed by atoms with Gasteiger partial charge >= 0.3 is 5.97 Å². The van der Waals surface area contributed by atoms with Crippen molar-refractivity contribution >= 4 is 5.97 Å². The summed E-state index contributed by atoms with van der Waals surface area (Å²) in [7, 11) is 1.64. The smallest absolute Gasteiger partial charge is 0.338 e. The number of para-hydroxylation sites is 1. The van der Waals surface area contributed by atoms with Crippen molar-refractivity contribution in [2.45, 2.75) is 6.92 Å². The number of carbonyl (C=O) groups excluding carboxylic acids is 1. The standard InChI is InChI=1S/C16H16O3/c1-3-19-16(17)13-10-8-12(9-11-13)14-6-4-5-7-15(14)18-2/h4-11H,3H2,1-2H3. The quantitative estimate of drug-likeness (QED) is 0.785. The SMILES string of the molecule is CCOC(=O)c1ccc(-c2ccccc2OC)cc1. The number of hydrogen-bond acceptors (Lipinski definition) is 3. The average molecular weight is 256 g/mol. The van der Waals surface area contributed by atoms with Crippen LogP contribution in [-0.2, 0) is 4.74 Å². The molecule has 2 aromatic rings. The molecule has 19 heavy (non-hydrogen) atoms. The van der Waals surface area contributed by atoms with E-state index in [-0.39, 0.29) is 5.97 Å². The number of hydrogen-bond donors (Lipinski definition) is 0. The van der Waals surface area contributed by atoms with Crippen LogP contribution in [0, 0.1) is 0 Å². The zero-order chi connectivity index (χ0) is 13.7. The van der Waals surface area contributed by atoms with Crippen LogP contribution in [0.1, 0.15) is 17.3 Å². The summed E-state index contributed by atoms with van der Waals surface area (Å²) in [5.41, 5.74) is 2.56. The molecule has 98 valence electrons. The van der Waals surface area contributed by atoms with Gasteiger partial charge in [-0.2, -0.15) is 0 Å². The maximum absolute atomic E-state index is 11.6. The zero-order valence-corrected chi connectivity index (χ0v) is 11.1. The van der Waals surface area contributed by atoms with Gasteiger partial charge in [-0.25, -0.2) is 4.79 Å². The first-order valence-electron chi connectivity index (χ1n) is 6.17. The van der Waals surface area contributed by atoms with Crippen LogP contribution >= 0.6 is 0 Å². The molecule has 0 saturated carbocycles. The molecule has 0 aromatic heterocycles. The van der Waals surface area contributed by atoms with E-state index in [1.165, 1.54) is 0 Å². The number of methoxy groups -OCH3 is 1. The van der Waals surface area contributed by atoms with E-state index in [0.717, 1.165) is 16.9 Å². The molecule has 3 heteroatoms. The van der Waals surface area contributed by atoms with Gasteiger partial charge in [0.1, 0.15) is 5.75 Å². The van der Waals surface area contributed by atoms with Gasteiger partial charge in [0.15, 0.2) is 0 Å². The Morgan fingerprint density at radius 2 is 1.74 bits per heavy atom. The van der Waals surface area contributed by atoms with E-state index in [2.05, 4.69) is 0 Å². The normalized spacial score (nSPS) is 10.0. The lowest BCUT2D eigenvalue weighted by Gasteiger charge is -2.08. The predicted molar refractivity (Wildman–Crippen MR) is 74.4 cm³/mol. The Morgan fingerprint density at radius 1 is 1.05 bits per heavy atom. The van der Waals surface area contributed by atoms with Crippen molar-refractivity contribution in [1.29, 1.82) is 0 Å². The minimum atomic E-state index is -0.297. The van der Waals surface area contributed by atoms with Crippen LogP contribution in [-0.4, -0.2) is 19.7 Å². The largest absolute Gasteiger partial charge is 0.496 e. The highest BCUT2D eigenvalue weighted by atomic mass is 16.5. The number of rotatable bonds is 4. The monoisotopic (exact) mass is 256 g/mol. The highest BCUT2D eigenvalue weighted by Crippen LogP contribution is 2.29. The third-order valence-electron chi connectivity index (χ3n) is 2.81. The van der Waals surface area contributed by atoms with E-state index in [4.69, 9.17) is 9.47 Å². The van der Waals surface area contributed by atoms with Crippen LogP contribution in [0.2, 0.25) is 0 Å². The summed E-state index contributed by atoms with van der Waals surface area (Å²) in [5, 5.41) is 0. The molecule has 2 aromatic carbocycles. The molecule has 0 radical (unpaired) electrons. The van der Waals surface area contributed by atoms with E-state index in [9.17, 15) is 4.79 Å². The second kappa shape index (κ2) is 6.05. The molecular weight excluding hydrogens is 240 g/mol. The Labute approximate surface area is 112 Å². The van der Waals surface area contributed by atoms with Crippen molar-refractivity contribution in [2.24, 2.45) is 0 Å². The molecule has 0 heterocycles. The Balaban J connectivity index is 2.30. The molecule has 0 atom stereocenters. The summed E-state index contributed by atoms with van der Waals surface area (Å²) < 4.78 is 10.3. The van der Waals surface area contributed by atoms with Crippen molar-refractivity contribution in [3.63, 3.8) is 0 Å². The molecule has 0 saturated heterocycles. The van der Waals surface area contributed by atoms with E-state index < -0.39 is 0 Å². The van der Waals surface area contributed by atoms with Crippen LogP contribution in [0.25, 0.3) is 11.1 Å². The van der Waals surface area contributed by atoms with Crippen molar-refractivity contribution in [3.05, 3.63) is 54.1 Å². The zero-order valence-electron chi connectivity index (χ0n) is 11.1. The van der Waals surface area contributed by atoms with Gasteiger partial charge in [0, 0.05) is 5.56 Å². The molecular formula is C16H16O3. The maximum atomic E-state index is 11.6. The summed E-state index contributed by atoms with van der Waals surface area (Å²) in [5.74, 6) is 0.514. The molecule has 0 bridgehead atoms. The molecule has 0 amide bonds. The topological polar surface area (TPSA) is 35.5 Å². The summed E-state index contributed by atoms with van der Waals surface area (Å²) >= 11 is 0. The van der Waals surface area contributed by atoms with Gasteiger partial charge in [0.25, 0.3) is 0 Å². The maximum Gasteiger partial charge on any atom is 0.338 e. The second-order valence-electron chi connectivity index (χ2n) is 4.00. The molecule has 2 rings (SSSR count). The van der Waals surface area contributed by atoms with Gasteiger partial charge in [-0.05, 0) is 30.7 Å². The van der Waals surface area contributed by atoms with E-state index in [0.29, 0.717) is 12.2 Å². The van der Waals surface area contributed by atoms with Crippen LogP contribution < -0.4 is 4.74 Å². The lowest BCUT2D eigenvalue weighted by Crippen LogP contribution is -2.04. The van der Waals surface area contributed by atoms with Gasteiger partial charge in [-0.3, -0.25) is 0 Å². The number of carbonyl (C=O) groups is 1. The molecule has 0 fully saturated rings. The number of esters is 1. The van der Waals surface area contributed by atoms with E-state index in [1.54, 1.807) is 26.2 Å². The van der Waals surface area contributed by atoms with Crippen LogP contribution in [0.4, 0.5) is 0 Å². The summed E-state index contributed by atoms with van der Waals surface area (Å²) in [4.78, 5) is 11.6. The average Bonchev–Trinajstić information content (AvgIpc) is 2.47. The first kappa shape index (κ1) is 13.1. The van der Waals surface area contributed by atoms with E-state index >= 15 is 0 Å². The molecule has 0 aliphatic rings. The van der Waals surface area contributed by atoms with Crippen molar-refractivity contribution < 1.29 is 14.3 Å². The Bertz CT molecular complexity index is 558. The molecule has 0 unspecified atom stereocenters. The summed E-state index contributed by atoms with van der Waals surface area (Å²) in [6, 6.07) is 15.1. The first-order chi connectivity index (χ1) is 9.26. The summed E-state index contributed by atoms with van der Waals surface area (Å²) in [6.45, 7) is 2.17. The van der Waals surface area contributed by atoms with Crippen molar-refractivity contribution in [3.8, 4) is 16.9 Å². The second-order valence-corrected chi connectivity index (χ2v) is 4.00. The Hall–Kier alpha value is -2.29. The van der Waals surface area contributed by atoms with Gasteiger partial charge in [0.2, 0.25) is 0 Å². The number of benzene rings is 2. The third-order valence-corrected chi connectivity index (χ3v) is 2.81. The molecule has 0 aliphatic heterocycles. The van der Waals surface area contributed by atoms with Crippen molar-refractivity contribution in [1.82, 2.24) is 0 Å². The lowest BCUT2D eigenvalue weighted by atomic mass is 10.0. The Morgan fingerprint density at radius 3 is 2.37 bits per heavy atom. The fourth-order valence-corrected chi connectivity index (χ4v) is 1.88. The third kappa shape index (κ3) is 2.94. The summed E-state index contributed by atoms with van der Waals surface area (Å²) in [6.07, 6.45) is 0. The lowest BCUT2D eigenvalue weighted by molar-refractivity contribution is 0.0526. The minimum absolute atomic E-state index is 0.297. The predicted octanol–water partition coefficient (Wildman–Crippen LogP) is 3.54. The highest BCUT2D eigenvalue weighted by molar-refractivity contribution is 5.90. The van der Waals surface area contributed by atoms with Crippen LogP contribution in [0.3, 0.4) is 0 Å².